The summed E-state index contributed by atoms with van der Waals surface area (Å²) in [7, 11) is 1.83. The highest BCUT2D eigenvalue weighted by Crippen LogP contribution is 2.12. The highest BCUT2D eigenvalue weighted by atomic mass is 32.1. The largest absolute Gasteiger partial charge is 0.337 e. The molecule has 1 rings (SSSR count). The number of imidazole rings is 1. The summed E-state index contributed by atoms with van der Waals surface area (Å²) < 4.78 is 1.77. The molecule has 1 atom stereocenters. The van der Waals surface area contributed by atoms with Crippen molar-refractivity contribution in [2.75, 3.05) is 0 Å². The van der Waals surface area contributed by atoms with E-state index >= 15 is 0 Å². The third-order valence-corrected chi connectivity index (χ3v) is 1.60. The molecule has 0 aliphatic heterocycles. The zero-order chi connectivity index (χ0) is 7.56. The molecular formula is C6H8N2OS. The van der Waals surface area contributed by atoms with Crippen molar-refractivity contribution < 1.29 is 4.79 Å². The molecule has 4 heteroatoms. The second-order valence-electron chi connectivity index (χ2n) is 1.98. The van der Waals surface area contributed by atoms with Crippen LogP contribution >= 0.6 is 12.6 Å². The van der Waals surface area contributed by atoms with Crippen LogP contribution in [0.25, 0.3) is 0 Å². The third-order valence-electron chi connectivity index (χ3n) is 1.25. The summed E-state index contributed by atoms with van der Waals surface area (Å²) >= 11 is 4.00. The molecule has 0 radical (unpaired) electrons. The first-order valence-electron chi connectivity index (χ1n) is 2.86. The van der Waals surface area contributed by atoms with E-state index in [1.165, 1.54) is 0 Å². The Balaban J connectivity index is 2.92. The van der Waals surface area contributed by atoms with Gasteiger partial charge in [0.2, 0.25) is 0 Å². The molecule has 0 saturated heterocycles. The van der Waals surface area contributed by atoms with Crippen LogP contribution in [0.2, 0.25) is 0 Å². The van der Waals surface area contributed by atoms with Gasteiger partial charge in [0, 0.05) is 19.4 Å². The Morgan fingerprint density at radius 3 is 3.00 bits per heavy atom. The van der Waals surface area contributed by atoms with Crippen LogP contribution in [-0.4, -0.2) is 15.8 Å². The summed E-state index contributed by atoms with van der Waals surface area (Å²) in [6.07, 6.45) is 4.18. The van der Waals surface area contributed by atoms with Gasteiger partial charge in [0.25, 0.3) is 0 Å². The molecule has 0 amide bonds. The quantitative estimate of drug-likeness (QED) is 0.502. The van der Waals surface area contributed by atoms with Crippen LogP contribution in [0.5, 0.6) is 0 Å². The van der Waals surface area contributed by atoms with E-state index in [1.807, 2.05) is 7.05 Å². The number of thiol groups is 1. The molecule has 54 valence electrons. The van der Waals surface area contributed by atoms with Crippen LogP contribution < -0.4 is 0 Å². The van der Waals surface area contributed by atoms with Crippen LogP contribution in [0.15, 0.2) is 12.4 Å². The first-order chi connectivity index (χ1) is 4.75. The number of aromatic nitrogens is 2. The molecule has 0 fully saturated rings. The summed E-state index contributed by atoms with van der Waals surface area (Å²) in [6, 6.07) is 0. The molecular weight excluding hydrogens is 148 g/mol. The number of aryl methyl sites for hydroxylation is 1. The van der Waals surface area contributed by atoms with E-state index in [2.05, 4.69) is 17.6 Å². The predicted octanol–water partition coefficient (Wildman–Crippen LogP) is 0.590. The van der Waals surface area contributed by atoms with Gasteiger partial charge in [-0.25, -0.2) is 4.98 Å². The number of carbonyl (C=O) groups is 1. The van der Waals surface area contributed by atoms with Crippen molar-refractivity contribution in [3.63, 3.8) is 0 Å². The SMILES string of the molecule is Cn1ccnc1C(S)C=O. The van der Waals surface area contributed by atoms with Gasteiger partial charge in [-0.15, -0.1) is 0 Å². The van der Waals surface area contributed by atoms with Gasteiger partial charge in [-0.05, 0) is 0 Å². The molecule has 0 aliphatic carbocycles. The predicted molar refractivity (Wildman–Crippen MR) is 41.0 cm³/mol. The summed E-state index contributed by atoms with van der Waals surface area (Å²) in [5.74, 6) is 0.679. The number of nitrogens with zero attached hydrogens (tertiary/aromatic N) is 2. The lowest BCUT2D eigenvalue weighted by Gasteiger charge is -2.00. The monoisotopic (exact) mass is 156 g/mol. The van der Waals surface area contributed by atoms with Crippen molar-refractivity contribution in [1.29, 1.82) is 0 Å². The van der Waals surface area contributed by atoms with Gasteiger partial charge in [0.05, 0.1) is 0 Å². The molecule has 0 saturated carbocycles. The molecule has 0 spiro atoms. The molecule has 1 aromatic rings. The van der Waals surface area contributed by atoms with E-state index in [9.17, 15) is 4.79 Å². The number of carbonyl (C=O) groups excluding carboxylic acids is 1. The minimum atomic E-state index is -0.403. The summed E-state index contributed by atoms with van der Waals surface area (Å²) in [5, 5.41) is -0.403. The number of hydrogen-bond acceptors (Lipinski definition) is 3. The Morgan fingerprint density at radius 2 is 2.60 bits per heavy atom. The fourth-order valence-electron chi connectivity index (χ4n) is 0.723. The third kappa shape index (κ3) is 1.21. The molecule has 1 unspecified atom stereocenters. The highest BCUT2D eigenvalue weighted by molar-refractivity contribution is 7.81. The van der Waals surface area contributed by atoms with Gasteiger partial charge in [-0.2, -0.15) is 12.6 Å². The maximum Gasteiger partial charge on any atom is 0.140 e. The minimum absolute atomic E-state index is 0.403. The van der Waals surface area contributed by atoms with Crippen LogP contribution in [0, 0.1) is 0 Å². The lowest BCUT2D eigenvalue weighted by molar-refractivity contribution is -0.107. The summed E-state index contributed by atoms with van der Waals surface area (Å²) in [5.41, 5.74) is 0. The van der Waals surface area contributed by atoms with Crippen molar-refractivity contribution in [2.24, 2.45) is 7.05 Å². The summed E-state index contributed by atoms with van der Waals surface area (Å²) in [6.45, 7) is 0. The molecule has 0 N–H and O–H groups in total. The lowest BCUT2D eigenvalue weighted by atomic mass is 10.4. The van der Waals surface area contributed by atoms with Crippen molar-refractivity contribution in [3.8, 4) is 0 Å². The number of aldehydes is 1. The highest BCUT2D eigenvalue weighted by Gasteiger charge is 2.07. The van der Waals surface area contributed by atoms with Crippen LogP contribution in [-0.2, 0) is 11.8 Å². The van der Waals surface area contributed by atoms with E-state index in [0.717, 1.165) is 6.29 Å². The topological polar surface area (TPSA) is 34.9 Å². The van der Waals surface area contributed by atoms with E-state index in [0.29, 0.717) is 5.82 Å². The molecule has 1 heterocycles. The van der Waals surface area contributed by atoms with Crippen molar-refractivity contribution in [3.05, 3.63) is 18.2 Å². The van der Waals surface area contributed by atoms with Crippen molar-refractivity contribution in [1.82, 2.24) is 9.55 Å². The number of rotatable bonds is 2. The Hall–Kier alpha value is -0.770. The van der Waals surface area contributed by atoms with Gasteiger partial charge in [-0.1, -0.05) is 0 Å². The summed E-state index contributed by atoms with van der Waals surface area (Å²) in [4.78, 5) is 14.2. The van der Waals surface area contributed by atoms with E-state index < -0.39 is 5.25 Å². The Kier molecular flexibility index (Phi) is 2.11. The fraction of sp³-hybridized carbons (Fsp3) is 0.333. The maximum atomic E-state index is 10.2. The Morgan fingerprint density at radius 1 is 1.90 bits per heavy atom. The average molecular weight is 156 g/mol. The van der Waals surface area contributed by atoms with Crippen LogP contribution in [0.3, 0.4) is 0 Å². The molecule has 10 heavy (non-hydrogen) atoms. The zero-order valence-corrected chi connectivity index (χ0v) is 6.45. The van der Waals surface area contributed by atoms with Crippen LogP contribution in [0.4, 0.5) is 0 Å². The maximum absolute atomic E-state index is 10.2. The van der Waals surface area contributed by atoms with Gasteiger partial charge in [0.15, 0.2) is 0 Å². The van der Waals surface area contributed by atoms with Gasteiger partial charge in [0.1, 0.15) is 17.4 Å². The van der Waals surface area contributed by atoms with Crippen molar-refractivity contribution in [2.45, 2.75) is 5.25 Å². The minimum Gasteiger partial charge on any atom is -0.337 e. The number of hydrogen-bond donors (Lipinski definition) is 1. The van der Waals surface area contributed by atoms with Crippen LogP contribution in [0.1, 0.15) is 11.1 Å². The molecule has 1 aromatic heterocycles. The Bertz CT molecular complexity index is 233. The van der Waals surface area contributed by atoms with E-state index in [4.69, 9.17) is 0 Å². The van der Waals surface area contributed by atoms with E-state index in [1.54, 1.807) is 17.0 Å². The molecule has 0 bridgehead atoms. The average Bonchev–Trinajstić information content (AvgIpc) is 2.34. The van der Waals surface area contributed by atoms with Gasteiger partial charge < -0.3 is 9.36 Å². The Labute approximate surface area is 64.5 Å². The molecule has 3 nitrogen and oxygen atoms in total. The molecule has 0 aliphatic rings. The molecule has 0 aromatic carbocycles. The zero-order valence-electron chi connectivity index (χ0n) is 5.56. The second-order valence-corrected chi connectivity index (χ2v) is 2.53. The standard InChI is InChI=1S/C6H8N2OS/c1-8-3-2-7-6(8)5(10)4-9/h2-5,10H,1H3. The first kappa shape index (κ1) is 7.34. The normalized spacial score (nSPS) is 13.0. The van der Waals surface area contributed by atoms with Gasteiger partial charge in [-0.3, -0.25) is 0 Å². The van der Waals surface area contributed by atoms with E-state index in [-0.39, 0.29) is 0 Å². The smallest absolute Gasteiger partial charge is 0.140 e. The second kappa shape index (κ2) is 2.88. The van der Waals surface area contributed by atoms with Gasteiger partial charge >= 0.3 is 0 Å². The fourth-order valence-corrected chi connectivity index (χ4v) is 0.972. The van der Waals surface area contributed by atoms with Crippen molar-refractivity contribution >= 4 is 18.9 Å². The first-order valence-corrected chi connectivity index (χ1v) is 3.38. The lowest BCUT2D eigenvalue weighted by Crippen LogP contribution is -2.00.